The van der Waals surface area contributed by atoms with Gasteiger partial charge in [-0.3, -0.25) is 0 Å². The Morgan fingerprint density at radius 1 is 0.588 bits per heavy atom. The Bertz CT molecular complexity index is 1030. The van der Waals surface area contributed by atoms with Gasteiger partial charge < -0.3 is 15.6 Å². The smallest absolute Gasteiger partial charge is 0.424 e. The van der Waals surface area contributed by atoms with E-state index in [9.17, 15) is 14.4 Å². The molecule has 0 saturated heterocycles. The average molecular weight is 518 g/mol. The average Bonchev–Trinajstić information content (AvgIpc) is 2.79. The Labute approximate surface area is 206 Å². The van der Waals surface area contributed by atoms with Crippen molar-refractivity contribution in [2.75, 3.05) is 0 Å². The third-order valence-corrected chi connectivity index (χ3v) is 4.23. The normalized spacial score (nSPS) is 9.62. The summed E-state index contributed by atoms with van der Waals surface area (Å²) >= 11 is 0. The fraction of sp³-hybridized carbons (Fsp3) is 0.429. The molecule has 0 aliphatic rings. The monoisotopic (exact) mass is 518 g/mol. The number of rotatable bonds is 6. The molecule has 3 aromatic rings. The van der Waals surface area contributed by atoms with E-state index in [1.54, 1.807) is 18.2 Å². The summed E-state index contributed by atoms with van der Waals surface area (Å²) in [5, 5.41) is 27.2. The summed E-state index contributed by atoms with van der Waals surface area (Å²) < 4.78 is 1.76. The van der Waals surface area contributed by atoms with Gasteiger partial charge in [0.25, 0.3) is 0 Å². The molecule has 3 aromatic heterocycles. The van der Waals surface area contributed by atoms with Crippen LogP contribution in [-0.2, 0) is 36.3 Å². The SMILES string of the molecule is CCCc1ccnc(=O)n1O.CCCc1ccnc(=O)n1O.CCCc1ccnc(=O)n1O.[Fe+3]. The largest absolute Gasteiger partial charge is 3.00 e. The van der Waals surface area contributed by atoms with Crippen molar-refractivity contribution in [3.8, 4) is 0 Å². The molecule has 0 aliphatic carbocycles. The van der Waals surface area contributed by atoms with E-state index in [0.29, 0.717) is 50.5 Å². The summed E-state index contributed by atoms with van der Waals surface area (Å²) in [5.74, 6) is 0. The second-order valence-corrected chi connectivity index (χ2v) is 6.84. The second-order valence-electron chi connectivity index (χ2n) is 6.84. The summed E-state index contributed by atoms with van der Waals surface area (Å²) in [6.07, 6.45) is 8.95. The summed E-state index contributed by atoms with van der Waals surface area (Å²) in [6, 6.07) is 4.89. The molecule has 0 spiro atoms. The van der Waals surface area contributed by atoms with Crippen molar-refractivity contribution in [1.82, 2.24) is 29.1 Å². The molecule has 3 N–H and O–H groups in total. The van der Waals surface area contributed by atoms with Gasteiger partial charge in [-0.25, -0.2) is 14.4 Å². The van der Waals surface area contributed by atoms with E-state index < -0.39 is 17.1 Å². The zero-order chi connectivity index (χ0) is 24.8. The third kappa shape index (κ3) is 9.59. The van der Waals surface area contributed by atoms with Crippen LogP contribution in [0.3, 0.4) is 0 Å². The van der Waals surface area contributed by atoms with Crippen molar-refractivity contribution in [2.24, 2.45) is 0 Å². The second kappa shape index (κ2) is 16.2. The zero-order valence-corrected chi connectivity index (χ0v) is 20.4. The van der Waals surface area contributed by atoms with Gasteiger partial charge in [0.1, 0.15) is 0 Å². The Morgan fingerprint density at radius 3 is 1.03 bits per heavy atom. The van der Waals surface area contributed by atoms with Crippen LogP contribution in [0, 0.1) is 0 Å². The first-order chi connectivity index (χ1) is 15.8. The van der Waals surface area contributed by atoms with Gasteiger partial charge >= 0.3 is 34.1 Å². The standard InChI is InChI=1S/3C7H10N2O2.Fe/c3*1-2-3-6-4-5-8-7(10)9(6)11;/h3*4-5,11H,2-3H2,1H3;/q;;;+3. The minimum Gasteiger partial charge on any atom is -0.424 e. The van der Waals surface area contributed by atoms with E-state index in [1.807, 2.05) is 20.8 Å². The van der Waals surface area contributed by atoms with Crippen molar-refractivity contribution < 1.29 is 32.7 Å². The molecule has 0 amide bonds. The molecule has 0 bridgehead atoms. The summed E-state index contributed by atoms with van der Waals surface area (Å²) in [7, 11) is 0. The molecule has 0 atom stereocenters. The van der Waals surface area contributed by atoms with Crippen molar-refractivity contribution in [2.45, 2.75) is 59.3 Å². The maximum absolute atomic E-state index is 10.7. The van der Waals surface area contributed by atoms with Crippen LogP contribution in [0.25, 0.3) is 0 Å². The maximum atomic E-state index is 10.7. The summed E-state index contributed by atoms with van der Waals surface area (Å²) in [4.78, 5) is 42.3. The predicted octanol–water partition coefficient (Wildman–Crippen LogP) is 1.30. The predicted molar refractivity (Wildman–Crippen MR) is 119 cm³/mol. The molecule has 0 fully saturated rings. The van der Waals surface area contributed by atoms with Gasteiger partial charge in [-0.15, -0.1) is 14.2 Å². The van der Waals surface area contributed by atoms with Crippen LogP contribution in [0.1, 0.15) is 57.1 Å². The van der Waals surface area contributed by atoms with Crippen LogP contribution in [0.5, 0.6) is 0 Å². The van der Waals surface area contributed by atoms with Crippen LogP contribution in [-0.4, -0.2) is 44.8 Å². The molecule has 0 unspecified atom stereocenters. The Hall–Kier alpha value is -3.44. The van der Waals surface area contributed by atoms with E-state index in [2.05, 4.69) is 15.0 Å². The van der Waals surface area contributed by atoms with Crippen molar-refractivity contribution in [1.29, 1.82) is 0 Å². The van der Waals surface area contributed by atoms with Gasteiger partial charge in [-0.05, 0) is 37.5 Å². The first kappa shape index (κ1) is 30.6. The van der Waals surface area contributed by atoms with Gasteiger partial charge in [-0.1, -0.05) is 40.0 Å². The molecule has 0 aliphatic heterocycles. The summed E-state index contributed by atoms with van der Waals surface area (Å²) in [5.41, 5.74) is -0.0321. The number of hydrogen-bond donors (Lipinski definition) is 3. The van der Waals surface area contributed by atoms with Crippen LogP contribution in [0.2, 0.25) is 0 Å². The first-order valence-corrected chi connectivity index (χ1v) is 10.5. The Morgan fingerprint density at radius 2 is 0.824 bits per heavy atom. The fourth-order valence-electron chi connectivity index (χ4n) is 2.64. The number of aromatic nitrogens is 6. The molecule has 34 heavy (non-hydrogen) atoms. The fourth-order valence-corrected chi connectivity index (χ4v) is 2.64. The van der Waals surface area contributed by atoms with Gasteiger partial charge in [0.2, 0.25) is 0 Å². The topological polar surface area (TPSA) is 165 Å². The van der Waals surface area contributed by atoms with E-state index in [4.69, 9.17) is 15.6 Å². The molecular weight excluding hydrogens is 488 g/mol. The zero-order valence-electron chi connectivity index (χ0n) is 19.3. The van der Waals surface area contributed by atoms with Crippen molar-refractivity contribution >= 4 is 0 Å². The Kier molecular flexibility index (Phi) is 14.6. The quantitative estimate of drug-likeness (QED) is 0.322. The molecular formula is C21H30FeN6O6+3. The van der Waals surface area contributed by atoms with Crippen LogP contribution in [0.4, 0.5) is 0 Å². The molecule has 0 aromatic carbocycles. The minimum absolute atomic E-state index is 0. The number of nitrogens with zero attached hydrogens (tertiary/aromatic N) is 6. The molecule has 1 radical (unpaired) electrons. The molecule has 13 heteroatoms. The molecule has 3 rings (SSSR count). The van der Waals surface area contributed by atoms with Gasteiger partial charge in [0.05, 0.1) is 17.1 Å². The summed E-state index contributed by atoms with van der Waals surface area (Å²) in [6.45, 7) is 5.93. The van der Waals surface area contributed by atoms with E-state index in [1.165, 1.54) is 18.6 Å². The van der Waals surface area contributed by atoms with E-state index in [-0.39, 0.29) is 17.1 Å². The molecule has 12 nitrogen and oxygen atoms in total. The molecule has 185 valence electrons. The molecule has 0 saturated carbocycles. The van der Waals surface area contributed by atoms with E-state index >= 15 is 0 Å². The van der Waals surface area contributed by atoms with E-state index in [0.717, 1.165) is 19.3 Å². The van der Waals surface area contributed by atoms with Crippen LogP contribution < -0.4 is 17.1 Å². The van der Waals surface area contributed by atoms with Crippen molar-refractivity contribution in [3.05, 3.63) is 85.3 Å². The minimum atomic E-state index is -0.615. The van der Waals surface area contributed by atoms with Crippen LogP contribution >= 0.6 is 0 Å². The number of hydrogen-bond acceptors (Lipinski definition) is 9. The van der Waals surface area contributed by atoms with Gasteiger partial charge in [0, 0.05) is 18.6 Å². The third-order valence-electron chi connectivity index (χ3n) is 4.23. The van der Waals surface area contributed by atoms with Crippen molar-refractivity contribution in [3.63, 3.8) is 0 Å². The maximum Gasteiger partial charge on any atom is 3.00 e. The first-order valence-electron chi connectivity index (χ1n) is 10.5. The van der Waals surface area contributed by atoms with Gasteiger partial charge in [-0.2, -0.15) is 15.0 Å². The van der Waals surface area contributed by atoms with Crippen LogP contribution in [0.15, 0.2) is 51.2 Å². The Balaban J connectivity index is 0.000000473. The molecule has 3 heterocycles. The van der Waals surface area contributed by atoms with Gasteiger partial charge in [0.15, 0.2) is 0 Å². The number of aryl methyl sites for hydroxylation is 3.